The van der Waals surface area contributed by atoms with Crippen LogP contribution in [0.5, 0.6) is 5.75 Å². The predicted molar refractivity (Wildman–Crippen MR) is 100 cm³/mol. The summed E-state index contributed by atoms with van der Waals surface area (Å²) in [6.45, 7) is 1.98. The van der Waals surface area contributed by atoms with Crippen molar-refractivity contribution in [3.63, 3.8) is 0 Å². The van der Waals surface area contributed by atoms with Crippen molar-refractivity contribution in [3.05, 3.63) is 59.2 Å². The van der Waals surface area contributed by atoms with E-state index < -0.39 is 0 Å². The lowest BCUT2D eigenvalue weighted by Crippen LogP contribution is -2.27. The molecule has 1 saturated heterocycles. The van der Waals surface area contributed by atoms with Gasteiger partial charge in [0.25, 0.3) is 11.8 Å². The summed E-state index contributed by atoms with van der Waals surface area (Å²) in [7, 11) is 1.53. The molecule has 2 amide bonds. The van der Waals surface area contributed by atoms with Gasteiger partial charge in [0.2, 0.25) is 0 Å². The average Bonchev–Trinajstić information content (AvgIpc) is 3.22. The van der Waals surface area contributed by atoms with Crippen LogP contribution in [0.2, 0.25) is 0 Å². The Bertz CT molecular complexity index is 796. The van der Waals surface area contributed by atoms with Gasteiger partial charge in [-0.15, -0.1) is 0 Å². The SMILES string of the molecule is COc1ccc(C(=O)N2CCCC2)cc1NC(=O)c1ccc(CN)cc1. The van der Waals surface area contributed by atoms with Gasteiger partial charge >= 0.3 is 0 Å². The number of benzene rings is 2. The zero-order chi connectivity index (χ0) is 18.5. The average molecular weight is 353 g/mol. The number of hydrogen-bond acceptors (Lipinski definition) is 4. The zero-order valence-corrected chi connectivity index (χ0v) is 14.8. The Morgan fingerprint density at radius 2 is 1.73 bits per heavy atom. The zero-order valence-electron chi connectivity index (χ0n) is 14.8. The molecule has 3 rings (SSSR count). The highest BCUT2D eigenvalue weighted by Gasteiger charge is 2.21. The topological polar surface area (TPSA) is 84.7 Å². The Hall–Kier alpha value is -2.86. The fourth-order valence-electron chi connectivity index (χ4n) is 3.03. The Balaban J connectivity index is 1.81. The van der Waals surface area contributed by atoms with E-state index in [0.29, 0.717) is 29.1 Å². The number of rotatable bonds is 5. The fraction of sp³-hybridized carbons (Fsp3) is 0.300. The molecule has 0 aliphatic carbocycles. The molecular weight excluding hydrogens is 330 g/mol. The Labute approximate surface area is 152 Å². The van der Waals surface area contributed by atoms with Crippen molar-refractivity contribution >= 4 is 17.5 Å². The van der Waals surface area contributed by atoms with Crippen LogP contribution in [0, 0.1) is 0 Å². The molecular formula is C20H23N3O3. The molecule has 0 unspecified atom stereocenters. The Kier molecular flexibility index (Phi) is 5.53. The Morgan fingerprint density at radius 1 is 1.08 bits per heavy atom. The Morgan fingerprint density at radius 3 is 2.35 bits per heavy atom. The summed E-state index contributed by atoms with van der Waals surface area (Å²) < 4.78 is 5.32. The second kappa shape index (κ2) is 8.01. The van der Waals surface area contributed by atoms with E-state index in [1.807, 2.05) is 17.0 Å². The third kappa shape index (κ3) is 3.86. The minimum Gasteiger partial charge on any atom is -0.495 e. The maximum atomic E-state index is 12.6. The highest BCUT2D eigenvalue weighted by atomic mass is 16.5. The maximum absolute atomic E-state index is 12.6. The van der Waals surface area contributed by atoms with Gasteiger partial charge in [-0.25, -0.2) is 0 Å². The van der Waals surface area contributed by atoms with Crippen LogP contribution in [0.15, 0.2) is 42.5 Å². The van der Waals surface area contributed by atoms with E-state index in [1.54, 1.807) is 30.3 Å². The van der Waals surface area contributed by atoms with Crippen LogP contribution in [-0.2, 0) is 6.54 Å². The molecule has 1 heterocycles. The van der Waals surface area contributed by atoms with Crippen molar-refractivity contribution in [1.82, 2.24) is 4.90 Å². The fourth-order valence-corrected chi connectivity index (χ4v) is 3.03. The molecule has 0 radical (unpaired) electrons. The third-order valence-corrected chi connectivity index (χ3v) is 4.54. The van der Waals surface area contributed by atoms with Crippen molar-refractivity contribution < 1.29 is 14.3 Å². The number of nitrogens with one attached hydrogen (secondary N) is 1. The number of carbonyl (C=O) groups is 2. The number of anilines is 1. The van der Waals surface area contributed by atoms with Crippen LogP contribution in [0.25, 0.3) is 0 Å². The molecule has 0 spiro atoms. The molecule has 2 aromatic carbocycles. The van der Waals surface area contributed by atoms with Crippen molar-refractivity contribution in [1.29, 1.82) is 0 Å². The van der Waals surface area contributed by atoms with Crippen molar-refractivity contribution in [2.45, 2.75) is 19.4 Å². The molecule has 1 aliphatic rings. The first-order valence-corrected chi connectivity index (χ1v) is 8.70. The normalized spacial score (nSPS) is 13.5. The molecule has 136 valence electrons. The van der Waals surface area contributed by atoms with Gasteiger partial charge in [-0.3, -0.25) is 9.59 Å². The minimum absolute atomic E-state index is 0.0204. The summed E-state index contributed by atoms with van der Waals surface area (Å²) in [5, 5.41) is 2.84. The van der Waals surface area contributed by atoms with Crippen molar-refractivity contribution in [2.24, 2.45) is 5.73 Å². The van der Waals surface area contributed by atoms with Crippen molar-refractivity contribution in [3.8, 4) is 5.75 Å². The predicted octanol–water partition coefficient (Wildman–Crippen LogP) is 2.64. The van der Waals surface area contributed by atoms with Gasteiger partial charge in [0.05, 0.1) is 12.8 Å². The number of nitrogens with two attached hydrogens (primary N) is 1. The number of carbonyl (C=O) groups excluding carboxylic acids is 2. The number of ether oxygens (including phenoxy) is 1. The van der Waals surface area contributed by atoms with Gasteiger partial charge in [0.1, 0.15) is 5.75 Å². The van der Waals surface area contributed by atoms with Gasteiger partial charge in [0.15, 0.2) is 0 Å². The highest BCUT2D eigenvalue weighted by Crippen LogP contribution is 2.27. The lowest BCUT2D eigenvalue weighted by Gasteiger charge is -2.17. The molecule has 1 fully saturated rings. The van der Waals surface area contributed by atoms with Crippen LogP contribution in [0.3, 0.4) is 0 Å². The van der Waals surface area contributed by atoms with Crippen LogP contribution in [-0.4, -0.2) is 36.9 Å². The maximum Gasteiger partial charge on any atom is 0.255 e. The van der Waals surface area contributed by atoms with Crippen LogP contribution >= 0.6 is 0 Å². The summed E-state index contributed by atoms with van der Waals surface area (Å²) in [4.78, 5) is 26.9. The highest BCUT2D eigenvalue weighted by molar-refractivity contribution is 6.06. The smallest absolute Gasteiger partial charge is 0.255 e. The summed E-state index contributed by atoms with van der Waals surface area (Å²) in [5.41, 5.74) is 8.07. The second-order valence-corrected chi connectivity index (χ2v) is 6.27. The van der Waals surface area contributed by atoms with Crippen LogP contribution < -0.4 is 15.8 Å². The van der Waals surface area contributed by atoms with Gasteiger partial charge in [-0.1, -0.05) is 12.1 Å². The minimum atomic E-state index is -0.266. The largest absolute Gasteiger partial charge is 0.495 e. The lowest BCUT2D eigenvalue weighted by atomic mass is 10.1. The summed E-state index contributed by atoms with van der Waals surface area (Å²) >= 11 is 0. The monoisotopic (exact) mass is 353 g/mol. The molecule has 6 heteroatoms. The first-order chi connectivity index (χ1) is 12.6. The first kappa shape index (κ1) is 17.9. The van der Waals surface area contributed by atoms with E-state index in [0.717, 1.165) is 31.5 Å². The van der Waals surface area contributed by atoms with E-state index in [2.05, 4.69) is 5.32 Å². The van der Waals surface area contributed by atoms with E-state index in [-0.39, 0.29) is 11.8 Å². The number of methoxy groups -OCH3 is 1. The summed E-state index contributed by atoms with van der Waals surface area (Å²) in [5.74, 6) is 0.223. The first-order valence-electron chi connectivity index (χ1n) is 8.70. The molecule has 3 N–H and O–H groups in total. The van der Waals surface area contributed by atoms with Crippen molar-refractivity contribution in [2.75, 3.05) is 25.5 Å². The number of amides is 2. The molecule has 0 bridgehead atoms. The molecule has 6 nitrogen and oxygen atoms in total. The van der Waals surface area contributed by atoms with Crippen LogP contribution in [0.1, 0.15) is 39.1 Å². The number of likely N-dealkylation sites (tertiary alicyclic amines) is 1. The quantitative estimate of drug-likeness (QED) is 0.865. The van der Waals surface area contributed by atoms with Gasteiger partial charge in [-0.2, -0.15) is 0 Å². The molecule has 26 heavy (non-hydrogen) atoms. The van der Waals surface area contributed by atoms with Crippen LogP contribution in [0.4, 0.5) is 5.69 Å². The summed E-state index contributed by atoms with van der Waals surface area (Å²) in [6.07, 6.45) is 2.06. The van der Waals surface area contributed by atoms with E-state index in [4.69, 9.17) is 10.5 Å². The van der Waals surface area contributed by atoms with Gasteiger partial charge in [-0.05, 0) is 48.7 Å². The second-order valence-electron chi connectivity index (χ2n) is 6.27. The third-order valence-electron chi connectivity index (χ3n) is 4.54. The summed E-state index contributed by atoms with van der Waals surface area (Å²) in [6, 6.07) is 12.2. The molecule has 1 aliphatic heterocycles. The standard InChI is InChI=1S/C20H23N3O3/c1-26-18-9-8-16(20(25)23-10-2-3-11-23)12-17(18)22-19(24)15-6-4-14(13-21)5-7-15/h4-9,12H,2-3,10-11,13,21H2,1H3,(H,22,24). The van der Waals surface area contributed by atoms with E-state index in [9.17, 15) is 9.59 Å². The number of nitrogens with zero attached hydrogens (tertiary/aromatic N) is 1. The van der Waals surface area contributed by atoms with Gasteiger partial charge in [0, 0.05) is 30.8 Å². The molecule has 0 saturated carbocycles. The van der Waals surface area contributed by atoms with E-state index in [1.165, 1.54) is 7.11 Å². The molecule has 2 aromatic rings. The lowest BCUT2D eigenvalue weighted by molar-refractivity contribution is 0.0792. The number of hydrogen-bond donors (Lipinski definition) is 2. The molecule has 0 atom stereocenters. The van der Waals surface area contributed by atoms with E-state index >= 15 is 0 Å². The molecule has 0 aromatic heterocycles. The van der Waals surface area contributed by atoms with Gasteiger partial charge < -0.3 is 20.7 Å².